The molecular weight excluding hydrogens is 339 g/mol. The number of carbonyl (C=O) groups excluding carboxylic acids is 3. The Hall–Kier alpha value is -1.37. The molecule has 0 aromatic heterocycles. The van der Waals surface area contributed by atoms with Crippen LogP contribution in [0.4, 0.5) is 0 Å². The van der Waals surface area contributed by atoms with E-state index in [1.807, 2.05) is 0 Å². The molecule has 0 rings (SSSR count). The summed E-state index contributed by atoms with van der Waals surface area (Å²) in [5.41, 5.74) is 0. The van der Waals surface area contributed by atoms with Gasteiger partial charge >= 0.3 is 17.9 Å². The Kier molecular flexibility index (Phi) is 11.4. The third kappa shape index (κ3) is 6.63. The lowest BCUT2D eigenvalue weighted by Gasteiger charge is -2.27. The molecule has 0 saturated carbocycles. The Labute approximate surface area is 142 Å². The summed E-state index contributed by atoms with van der Waals surface area (Å²) in [6, 6.07) is 0. The van der Waals surface area contributed by atoms with Crippen molar-refractivity contribution in [2.45, 2.75) is 34.1 Å². The fraction of sp³-hybridized carbons (Fsp3) is 0.733. The van der Waals surface area contributed by atoms with E-state index in [0.717, 1.165) is 0 Å². The Morgan fingerprint density at radius 3 is 1.58 bits per heavy atom. The average Bonchev–Trinajstić information content (AvgIpc) is 2.53. The molecule has 24 heavy (non-hydrogen) atoms. The molecule has 140 valence electrons. The number of ether oxygens (including phenoxy) is 3. The van der Waals surface area contributed by atoms with Gasteiger partial charge in [-0.15, -0.1) is 0 Å². The highest BCUT2D eigenvalue weighted by atomic mass is 31.2. The van der Waals surface area contributed by atoms with Gasteiger partial charge in [0.15, 0.2) is 5.29 Å². The van der Waals surface area contributed by atoms with E-state index in [-0.39, 0.29) is 44.3 Å². The zero-order chi connectivity index (χ0) is 18.6. The molecule has 0 bridgehead atoms. The lowest BCUT2D eigenvalue weighted by molar-refractivity contribution is -0.141. The first-order valence-electron chi connectivity index (χ1n) is 7.87. The van der Waals surface area contributed by atoms with Crippen LogP contribution < -0.4 is 0 Å². The third-order valence-electron chi connectivity index (χ3n) is 2.79. The van der Waals surface area contributed by atoms with Crippen LogP contribution >= 0.6 is 7.34 Å². The Morgan fingerprint density at radius 2 is 1.25 bits per heavy atom. The van der Waals surface area contributed by atoms with E-state index in [1.54, 1.807) is 27.7 Å². The average molecular weight is 366 g/mol. The summed E-state index contributed by atoms with van der Waals surface area (Å²) >= 11 is 0. The van der Waals surface area contributed by atoms with Crippen molar-refractivity contribution in [1.82, 2.24) is 0 Å². The first kappa shape index (κ1) is 22.6. The normalized spacial score (nSPS) is 10.9. The predicted octanol–water partition coefficient (Wildman–Crippen LogP) is 1.77. The van der Waals surface area contributed by atoms with Gasteiger partial charge in [0, 0.05) is 6.16 Å². The number of hydrogen-bond donors (Lipinski definition) is 0. The van der Waals surface area contributed by atoms with Crippen LogP contribution in [-0.4, -0.2) is 62.9 Å². The van der Waals surface area contributed by atoms with Crippen LogP contribution in [0.2, 0.25) is 0 Å². The van der Waals surface area contributed by atoms with Gasteiger partial charge in [0.1, 0.15) is 7.34 Å². The van der Waals surface area contributed by atoms with E-state index in [2.05, 4.69) is 4.74 Å². The number of rotatable bonds is 11. The minimum Gasteiger partial charge on any atom is -0.469 e. The van der Waals surface area contributed by atoms with Crippen molar-refractivity contribution in [3.8, 4) is 0 Å². The van der Waals surface area contributed by atoms with Crippen molar-refractivity contribution < 1.29 is 37.6 Å². The smallest absolute Gasteiger partial charge is 0.350 e. The number of hydrogen-bond acceptors (Lipinski definition) is 8. The first-order chi connectivity index (χ1) is 11.4. The largest absolute Gasteiger partial charge is 0.469 e. The molecule has 0 atom stereocenters. The van der Waals surface area contributed by atoms with Gasteiger partial charge in [0.25, 0.3) is 0 Å². The second-order valence-electron chi connectivity index (χ2n) is 4.35. The summed E-state index contributed by atoms with van der Waals surface area (Å²) in [5.74, 6) is -2.20. The predicted molar refractivity (Wildman–Crippen MR) is 89.9 cm³/mol. The fourth-order valence-electron chi connectivity index (χ4n) is 1.93. The Bertz CT molecular complexity index is 456. The van der Waals surface area contributed by atoms with Gasteiger partial charge in [-0.3, -0.25) is 4.79 Å². The van der Waals surface area contributed by atoms with Gasteiger partial charge in [0.2, 0.25) is 0 Å². The number of esters is 3. The fourth-order valence-corrected chi connectivity index (χ4v) is 4.74. The summed E-state index contributed by atoms with van der Waals surface area (Å²) in [4.78, 5) is 36.2. The summed E-state index contributed by atoms with van der Waals surface area (Å²) in [6.45, 7) is 7.20. The van der Waals surface area contributed by atoms with Gasteiger partial charge in [-0.1, -0.05) is 0 Å². The molecule has 0 aromatic rings. The first-order valence-corrected chi connectivity index (χ1v) is 9.68. The minimum absolute atomic E-state index is 0.0221. The van der Waals surface area contributed by atoms with Crippen molar-refractivity contribution in [3.05, 3.63) is 0 Å². The van der Waals surface area contributed by atoms with Crippen molar-refractivity contribution in [1.29, 1.82) is 0 Å². The highest BCUT2D eigenvalue weighted by Gasteiger charge is 2.37. The summed E-state index contributed by atoms with van der Waals surface area (Å²) in [7, 11) is -1.92. The lowest BCUT2D eigenvalue weighted by atomic mass is 10.4. The zero-order valence-corrected chi connectivity index (χ0v) is 15.9. The molecule has 0 saturated heterocycles. The van der Waals surface area contributed by atoms with Crippen LogP contribution in [0.1, 0.15) is 34.1 Å². The van der Waals surface area contributed by atoms with Crippen LogP contribution in [0.25, 0.3) is 0 Å². The quantitative estimate of drug-likeness (QED) is 0.236. The molecule has 0 heterocycles. The highest BCUT2D eigenvalue weighted by molar-refractivity contribution is 7.71. The van der Waals surface area contributed by atoms with Crippen molar-refractivity contribution in [3.63, 3.8) is 0 Å². The molecule has 0 spiro atoms. The second kappa shape index (κ2) is 12.1. The Balaban J connectivity index is 6.18. The van der Waals surface area contributed by atoms with Gasteiger partial charge in [-0.2, -0.15) is 0 Å². The molecule has 9 heteroatoms. The van der Waals surface area contributed by atoms with Gasteiger partial charge in [-0.05, 0) is 27.7 Å². The van der Waals surface area contributed by atoms with E-state index >= 15 is 0 Å². The van der Waals surface area contributed by atoms with E-state index in [0.29, 0.717) is 0 Å². The van der Waals surface area contributed by atoms with Gasteiger partial charge in [0.05, 0.1) is 40.0 Å². The monoisotopic (exact) mass is 366 g/mol. The molecule has 0 fully saturated rings. The van der Waals surface area contributed by atoms with Crippen molar-refractivity contribution >= 4 is 30.5 Å². The third-order valence-corrected chi connectivity index (χ3v) is 6.00. The molecule has 8 nitrogen and oxygen atoms in total. The van der Waals surface area contributed by atoms with Crippen molar-refractivity contribution in [2.24, 2.45) is 0 Å². The molecule has 0 aliphatic heterocycles. The van der Waals surface area contributed by atoms with Crippen LogP contribution in [0, 0.1) is 0 Å². The lowest BCUT2D eigenvalue weighted by Crippen LogP contribution is -2.32. The Morgan fingerprint density at radius 1 is 0.792 bits per heavy atom. The topological polar surface area (TPSA) is 97.4 Å². The molecule has 0 aromatic carbocycles. The van der Waals surface area contributed by atoms with Gasteiger partial charge in [-0.25, -0.2) is 9.59 Å². The number of methoxy groups -OCH3 is 1. The van der Waals surface area contributed by atoms with Crippen LogP contribution in [0.5, 0.6) is 0 Å². The van der Waals surface area contributed by atoms with E-state index < -0.39 is 25.2 Å². The van der Waals surface area contributed by atoms with Gasteiger partial charge < -0.3 is 23.3 Å². The molecular formula is C15H27O8P. The molecule has 0 aliphatic carbocycles. The maximum Gasteiger partial charge on any atom is 0.350 e. The molecule has 0 amide bonds. The van der Waals surface area contributed by atoms with Crippen LogP contribution in [0.3, 0.4) is 0 Å². The minimum atomic E-state index is -3.18. The summed E-state index contributed by atoms with van der Waals surface area (Å²) < 4.78 is 26.0. The maximum absolute atomic E-state index is 12.4. The second-order valence-corrected chi connectivity index (χ2v) is 7.11. The summed E-state index contributed by atoms with van der Waals surface area (Å²) in [5, 5.41) is -0.307. The summed E-state index contributed by atoms with van der Waals surface area (Å²) in [6.07, 6.45) is -0.0408. The molecule has 0 unspecified atom stereocenters. The maximum atomic E-state index is 12.4. The van der Waals surface area contributed by atoms with Crippen LogP contribution in [-0.2, 0) is 37.6 Å². The zero-order valence-electron chi connectivity index (χ0n) is 15.0. The van der Waals surface area contributed by atoms with Crippen molar-refractivity contribution in [2.75, 3.05) is 39.7 Å². The SMILES string of the molecule is CCOC(=O)C(C(=O)OCC)=P(CCC(=O)OC)(OCC)OCC. The highest BCUT2D eigenvalue weighted by Crippen LogP contribution is 2.52. The molecule has 0 aliphatic rings. The molecule has 0 radical (unpaired) electrons. The van der Waals surface area contributed by atoms with E-state index in [1.165, 1.54) is 7.11 Å². The van der Waals surface area contributed by atoms with E-state index in [4.69, 9.17) is 18.5 Å². The number of carbonyl (C=O) groups is 3. The van der Waals surface area contributed by atoms with Crippen LogP contribution in [0.15, 0.2) is 0 Å². The van der Waals surface area contributed by atoms with E-state index in [9.17, 15) is 14.4 Å². The standard InChI is InChI=1S/C15H27O8P/c1-6-20-14(17)13(15(18)21-7-2)24(22-8-3,23-9-4)11-10-12(16)19-5/h6-11H2,1-5H3. The molecule has 0 N–H and O–H groups in total.